The van der Waals surface area contributed by atoms with Gasteiger partial charge in [0.15, 0.2) is 5.96 Å². The van der Waals surface area contributed by atoms with Crippen molar-refractivity contribution in [1.82, 2.24) is 5.32 Å². The Morgan fingerprint density at radius 2 is 2.00 bits per heavy atom. The van der Waals surface area contributed by atoms with E-state index in [2.05, 4.69) is 31.6 Å². The smallest absolute Gasteiger partial charge is 0.196 e. The zero-order valence-corrected chi connectivity index (χ0v) is 13.8. The Hall–Kier alpha value is -2.12. The van der Waals surface area contributed by atoms with Crippen molar-refractivity contribution >= 4 is 27.6 Å². The monoisotopic (exact) mass is 381 g/mol. The summed E-state index contributed by atoms with van der Waals surface area (Å²) >= 11 is 3.30. The van der Waals surface area contributed by atoms with Crippen molar-refractivity contribution in [3.05, 3.63) is 58.3 Å². The molecule has 0 aromatic heterocycles. The number of aliphatic hydroxyl groups excluding tert-OH is 1. The summed E-state index contributed by atoms with van der Waals surface area (Å²) in [5, 5.41) is 24.6. The van der Waals surface area contributed by atoms with Crippen LogP contribution in [0.4, 0.5) is 10.1 Å². The van der Waals surface area contributed by atoms with E-state index in [1.54, 1.807) is 36.4 Å². The summed E-state index contributed by atoms with van der Waals surface area (Å²) in [4.78, 5) is 4.28. The van der Waals surface area contributed by atoms with Crippen LogP contribution >= 0.6 is 15.9 Å². The molecule has 23 heavy (non-hydrogen) atoms. The highest BCUT2D eigenvalue weighted by Gasteiger charge is 2.06. The molecule has 0 spiro atoms. The Balaban J connectivity index is 2.17. The fourth-order valence-electron chi connectivity index (χ4n) is 1.85. The number of hydrogen-bond donors (Lipinski definition) is 4. The minimum Gasteiger partial charge on any atom is -0.506 e. The Labute approximate surface area is 142 Å². The summed E-state index contributed by atoms with van der Waals surface area (Å²) in [6.45, 7) is 0.312. The van der Waals surface area contributed by atoms with Crippen molar-refractivity contribution in [2.45, 2.75) is 6.54 Å². The van der Waals surface area contributed by atoms with Gasteiger partial charge in [-0.3, -0.25) is 0 Å². The molecule has 0 aliphatic heterocycles. The van der Waals surface area contributed by atoms with Gasteiger partial charge in [0.05, 0.1) is 18.8 Å². The van der Waals surface area contributed by atoms with E-state index < -0.39 is 0 Å². The summed E-state index contributed by atoms with van der Waals surface area (Å²) in [5.41, 5.74) is 0.896. The number of hydrogen-bond acceptors (Lipinski definition) is 3. The van der Waals surface area contributed by atoms with Crippen molar-refractivity contribution < 1.29 is 14.6 Å². The highest BCUT2D eigenvalue weighted by molar-refractivity contribution is 9.10. The third-order valence-corrected chi connectivity index (χ3v) is 3.47. The maximum absolute atomic E-state index is 13.8. The van der Waals surface area contributed by atoms with Gasteiger partial charge in [-0.05, 0) is 30.3 Å². The standard InChI is InChI=1S/C16H17BrFN3O2/c17-12-5-6-13(18)11(9-12)10-20-16(19-7-8-22)21-14-3-1-2-4-15(14)23/h1-6,9,22-23H,7-8,10H2,(H2,19,20,21). The number of rotatable bonds is 5. The number of phenolic OH excluding ortho intramolecular Hbond substituents is 1. The molecule has 0 aliphatic carbocycles. The Bertz CT molecular complexity index is 695. The second-order valence-electron chi connectivity index (χ2n) is 4.69. The molecule has 0 unspecified atom stereocenters. The highest BCUT2D eigenvalue weighted by Crippen LogP contribution is 2.21. The van der Waals surface area contributed by atoms with Crippen LogP contribution in [0.1, 0.15) is 5.56 Å². The zero-order chi connectivity index (χ0) is 16.7. The van der Waals surface area contributed by atoms with Gasteiger partial charge in [-0.2, -0.15) is 0 Å². The number of aliphatic imine (C=N–C) groups is 1. The van der Waals surface area contributed by atoms with E-state index in [9.17, 15) is 9.50 Å². The molecule has 0 bridgehead atoms. The first-order valence-electron chi connectivity index (χ1n) is 6.98. The lowest BCUT2D eigenvalue weighted by Crippen LogP contribution is -2.33. The van der Waals surface area contributed by atoms with Gasteiger partial charge in [-0.15, -0.1) is 0 Å². The molecular weight excluding hydrogens is 365 g/mol. The topological polar surface area (TPSA) is 76.9 Å². The van der Waals surface area contributed by atoms with Gasteiger partial charge in [0.1, 0.15) is 11.6 Å². The molecule has 122 valence electrons. The van der Waals surface area contributed by atoms with E-state index in [-0.39, 0.29) is 31.3 Å². The molecule has 7 heteroatoms. The van der Waals surface area contributed by atoms with Crippen molar-refractivity contribution in [3.8, 4) is 5.75 Å². The fourth-order valence-corrected chi connectivity index (χ4v) is 2.26. The average molecular weight is 382 g/mol. The first kappa shape index (κ1) is 17.2. The van der Waals surface area contributed by atoms with E-state index in [0.29, 0.717) is 17.2 Å². The fraction of sp³-hybridized carbons (Fsp3) is 0.188. The van der Waals surface area contributed by atoms with Gasteiger partial charge in [-0.25, -0.2) is 9.38 Å². The first-order chi connectivity index (χ1) is 11.1. The van der Waals surface area contributed by atoms with Crippen LogP contribution in [0.5, 0.6) is 5.75 Å². The van der Waals surface area contributed by atoms with Gasteiger partial charge >= 0.3 is 0 Å². The van der Waals surface area contributed by atoms with Crippen LogP contribution in [0.15, 0.2) is 51.9 Å². The molecule has 0 atom stereocenters. The van der Waals surface area contributed by atoms with Crippen molar-refractivity contribution in [3.63, 3.8) is 0 Å². The molecule has 2 rings (SSSR count). The molecule has 0 radical (unpaired) electrons. The summed E-state index contributed by atoms with van der Waals surface area (Å²) in [6.07, 6.45) is 0. The zero-order valence-electron chi connectivity index (χ0n) is 12.3. The lowest BCUT2D eigenvalue weighted by molar-refractivity contribution is 0.300. The van der Waals surface area contributed by atoms with Crippen LogP contribution in [0.25, 0.3) is 0 Å². The maximum atomic E-state index is 13.8. The number of aliphatic hydroxyl groups is 1. The number of halogens is 2. The van der Waals surface area contributed by atoms with Crippen molar-refractivity contribution in [2.24, 2.45) is 4.99 Å². The minimum absolute atomic E-state index is 0.0691. The third-order valence-electron chi connectivity index (χ3n) is 2.98. The Morgan fingerprint density at radius 3 is 2.74 bits per heavy atom. The second kappa shape index (κ2) is 8.50. The number of benzene rings is 2. The molecule has 0 heterocycles. The van der Waals surface area contributed by atoms with Crippen LogP contribution in [0, 0.1) is 5.82 Å². The predicted octanol–water partition coefficient (Wildman–Crippen LogP) is 2.84. The van der Waals surface area contributed by atoms with Crippen LogP contribution in [-0.2, 0) is 6.54 Å². The number of aromatic hydroxyl groups is 1. The number of nitrogens with one attached hydrogen (secondary N) is 2. The lowest BCUT2D eigenvalue weighted by atomic mass is 10.2. The minimum atomic E-state index is -0.346. The summed E-state index contributed by atoms with van der Waals surface area (Å²) in [7, 11) is 0. The third kappa shape index (κ3) is 5.22. The van der Waals surface area contributed by atoms with Gasteiger partial charge in [0.25, 0.3) is 0 Å². The largest absolute Gasteiger partial charge is 0.506 e. The van der Waals surface area contributed by atoms with Gasteiger partial charge in [0.2, 0.25) is 0 Å². The number of anilines is 1. The van der Waals surface area contributed by atoms with Crippen LogP contribution in [0.2, 0.25) is 0 Å². The second-order valence-corrected chi connectivity index (χ2v) is 5.61. The number of nitrogens with zero attached hydrogens (tertiary/aromatic N) is 1. The van der Waals surface area contributed by atoms with E-state index in [1.165, 1.54) is 6.07 Å². The molecule has 4 N–H and O–H groups in total. The van der Waals surface area contributed by atoms with Gasteiger partial charge in [0, 0.05) is 16.6 Å². The molecule has 2 aromatic carbocycles. The Kier molecular flexibility index (Phi) is 6.37. The first-order valence-corrected chi connectivity index (χ1v) is 7.77. The van der Waals surface area contributed by atoms with Crippen LogP contribution in [0.3, 0.4) is 0 Å². The molecule has 0 fully saturated rings. The number of para-hydroxylation sites is 2. The lowest BCUT2D eigenvalue weighted by Gasteiger charge is -2.13. The molecule has 0 aliphatic rings. The Morgan fingerprint density at radius 1 is 1.22 bits per heavy atom. The van der Waals surface area contributed by atoms with Gasteiger partial charge < -0.3 is 20.8 Å². The quantitative estimate of drug-likeness (QED) is 0.365. The predicted molar refractivity (Wildman–Crippen MR) is 92.1 cm³/mol. The average Bonchev–Trinajstić information content (AvgIpc) is 2.54. The van der Waals surface area contributed by atoms with Crippen molar-refractivity contribution in [1.29, 1.82) is 0 Å². The summed E-state index contributed by atoms with van der Waals surface area (Å²) in [5.74, 6) is 0.0561. The van der Waals surface area contributed by atoms with E-state index in [4.69, 9.17) is 5.11 Å². The summed E-state index contributed by atoms with van der Waals surface area (Å²) in [6, 6.07) is 11.3. The number of guanidine groups is 1. The molecule has 2 aromatic rings. The number of phenols is 1. The van der Waals surface area contributed by atoms with Gasteiger partial charge in [-0.1, -0.05) is 28.1 Å². The molecule has 0 amide bonds. The van der Waals surface area contributed by atoms with E-state index >= 15 is 0 Å². The highest BCUT2D eigenvalue weighted by atomic mass is 79.9. The SMILES string of the molecule is OCCNC(=NCc1cc(Br)ccc1F)Nc1ccccc1O. The molecule has 0 saturated heterocycles. The molecule has 0 saturated carbocycles. The maximum Gasteiger partial charge on any atom is 0.196 e. The van der Waals surface area contributed by atoms with Crippen LogP contribution in [-0.4, -0.2) is 29.3 Å². The molecular formula is C16H17BrFN3O2. The molecule has 5 nitrogen and oxygen atoms in total. The normalized spacial score (nSPS) is 11.3. The van der Waals surface area contributed by atoms with E-state index in [1.807, 2.05) is 0 Å². The van der Waals surface area contributed by atoms with Crippen molar-refractivity contribution in [2.75, 3.05) is 18.5 Å². The summed E-state index contributed by atoms with van der Waals surface area (Å²) < 4.78 is 14.5. The van der Waals surface area contributed by atoms with E-state index in [0.717, 1.165) is 4.47 Å². The van der Waals surface area contributed by atoms with Crippen LogP contribution < -0.4 is 10.6 Å².